The molecule has 4 rings (SSSR count). The minimum absolute atomic E-state index is 0.0126. The summed E-state index contributed by atoms with van der Waals surface area (Å²) in [6.07, 6.45) is 3.03. The molecule has 1 unspecified atom stereocenters. The summed E-state index contributed by atoms with van der Waals surface area (Å²) in [5.41, 5.74) is 11.2. The van der Waals surface area contributed by atoms with Gasteiger partial charge in [0.2, 0.25) is 5.91 Å². The molecule has 2 aliphatic heterocycles. The van der Waals surface area contributed by atoms with E-state index >= 15 is 0 Å². The summed E-state index contributed by atoms with van der Waals surface area (Å²) in [6, 6.07) is 5.81. The van der Waals surface area contributed by atoms with E-state index in [-0.39, 0.29) is 29.1 Å². The van der Waals surface area contributed by atoms with Crippen molar-refractivity contribution in [2.24, 2.45) is 10.8 Å². The van der Waals surface area contributed by atoms with Crippen molar-refractivity contribution in [2.75, 3.05) is 13.1 Å². The van der Waals surface area contributed by atoms with Gasteiger partial charge in [0.25, 0.3) is 5.91 Å². The third-order valence-corrected chi connectivity index (χ3v) is 5.93. The molecule has 1 fully saturated rings. The molecule has 1 aromatic heterocycles. The number of furan rings is 1. The molecule has 2 amide bonds. The molecule has 3 heterocycles. The number of hydrogen-bond acceptors (Lipinski definition) is 7. The number of carbonyl (C=O) groups is 2. The highest BCUT2D eigenvalue weighted by Crippen LogP contribution is 2.32. The Balaban J connectivity index is 1.80. The van der Waals surface area contributed by atoms with Crippen LogP contribution in [0.25, 0.3) is 16.7 Å². The summed E-state index contributed by atoms with van der Waals surface area (Å²) >= 11 is 0. The first-order valence-electron chi connectivity index (χ1n) is 10.5. The van der Waals surface area contributed by atoms with Crippen LogP contribution >= 0.6 is 0 Å². The predicted octanol–water partition coefficient (Wildman–Crippen LogP) is 1.95. The van der Waals surface area contributed by atoms with Gasteiger partial charge in [-0.15, -0.1) is 0 Å². The lowest BCUT2D eigenvalue weighted by molar-refractivity contribution is -0.126. The molecule has 9 nitrogen and oxygen atoms in total. The fourth-order valence-corrected chi connectivity index (χ4v) is 4.25. The smallest absolute Gasteiger partial charge is 0.290 e. The van der Waals surface area contributed by atoms with Crippen LogP contribution < -0.4 is 16.5 Å². The summed E-state index contributed by atoms with van der Waals surface area (Å²) < 4.78 is 6.16. The number of amides is 2. The third kappa shape index (κ3) is 3.66. The van der Waals surface area contributed by atoms with Crippen molar-refractivity contribution in [1.82, 2.24) is 15.6 Å². The van der Waals surface area contributed by atoms with Gasteiger partial charge in [-0.1, -0.05) is 18.2 Å². The largest absolute Gasteiger partial charge is 0.454 e. The van der Waals surface area contributed by atoms with E-state index < -0.39 is 5.91 Å². The molecule has 0 bridgehead atoms. The van der Waals surface area contributed by atoms with Crippen molar-refractivity contribution in [3.63, 3.8) is 0 Å². The van der Waals surface area contributed by atoms with E-state index in [9.17, 15) is 9.59 Å². The van der Waals surface area contributed by atoms with E-state index in [1.165, 1.54) is 6.08 Å². The molecule has 5 N–H and O–H groups in total. The van der Waals surface area contributed by atoms with Crippen molar-refractivity contribution in [3.8, 4) is 0 Å². The molecular weight excluding hydrogens is 408 g/mol. The van der Waals surface area contributed by atoms with E-state index in [1.54, 1.807) is 4.90 Å². The number of rotatable bonds is 5. The van der Waals surface area contributed by atoms with E-state index in [1.807, 2.05) is 32.0 Å². The maximum Gasteiger partial charge on any atom is 0.290 e. The molecule has 2 aliphatic rings. The average molecular weight is 435 g/mol. The Morgan fingerprint density at radius 2 is 2.25 bits per heavy atom. The number of likely N-dealkylation sites (tertiary alicyclic amines) is 1. The minimum atomic E-state index is -0.651. The Morgan fingerprint density at radius 3 is 3.00 bits per heavy atom. The monoisotopic (exact) mass is 434 g/mol. The van der Waals surface area contributed by atoms with E-state index in [0.717, 1.165) is 29.4 Å². The molecule has 0 saturated carbocycles. The standard InChI is InChI=1S/C23H26N6O3/c1-4-17(30)29-9-5-6-14(29)11-26-20(18-19(24)23(31)28-27-22(18)25)21-13(3)15-10-12(2)7-8-16(15)32-21/h4,7-8,10,14,24,26H,1,5-6,9,11H2,2-3H3,(H2,25,27)(H,28,31)/b20-18+,24-19?. The van der Waals surface area contributed by atoms with E-state index in [0.29, 0.717) is 30.1 Å². The fourth-order valence-electron chi connectivity index (χ4n) is 4.25. The number of aryl methyl sites for hydroxylation is 2. The molecule has 0 spiro atoms. The van der Waals surface area contributed by atoms with Crippen LogP contribution in [-0.4, -0.2) is 47.4 Å². The highest BCUT2D eigenvalue weighted by molar-refractivity contribution is 6.53. The molecule has 1 saturated heterocycles. The number of nitrogens with two attached hydrogens (primary N) is 1. The van der Waals surface area contributed by atoms with Gasteiger partial charge in [0.05, 0.1) is 11.3 Å². The Labute approximate surface area is 185 Å². The molecule has 32 heavy (non-hydrogen) atoms. The van der Waals surface area contributed by atoms with Gasteiger partial charge in [0, 0.05) is 30.1 Å². The van der Waals surface area contributed by atoms with Crippen LogP contribution in [0.4, 0.5) is 0 Å². The first kappa shape index (κ1) is 21.4. The quantitative estimate of drug-likeness (QED) is 0.533. The van der Waals surface area contributed by atoms with Crippen LogP contribution in [-0.2, 0) is 9.59 Å². The van der Waals surface area contributed by atoms with Gasteiger partial charge in [-0.3, -0.25) is 15.0 Å². The lowest BCUT2D eigenvalue weighted by Gasteiger charge is -2.26. The average Bonchev–Trinajstić information content (AvgIpc) is 3.37. The third-order valence-electron chi connectivity index (χ3n) is 5.93. The van der Waals surface area contributed by atoms with Crippen molar-refractivity contribution in [3.05, 3.63) is 53.3 Å². The first-order chi connectivity index (χ1) is 15.3. The van der Waals surface area contributed by atoms with Gasteiger partial charge in [-0.25, -0.2) is 5.43 Å². The topological polar surface area (TPSA) is 137 Å². The number of amidine groups is 1. The van der Waals surface area contributed by atoms with Crippen molar-refractivity contribution < 1.29 is 14.0 Å². The van der Waals surface area contributed by atoms with Gasteiger partial charge in [-0.05, 0) is 44.9 Å². The number of nitrogens with zero attached hydrogens (tertiary/aromatic N) is 2. The van der Waals surface area contributed by atoms with Gasteiger partial charge in [-0.2, -0.15) is 5.10 Å². The Bertz CT molecular complexity index is 1210. The van der Waals surface area contributed by atoms with Crippen LogP contribution in [0.15, 0.2) is 45.9 Å². The number of benzene rings is 1. The van der Waals surface area contributed by atoms with E-state index in [4.69, 9.17) is 15.6 Å². The maximum absolute atomic E-state index is 12.2. The van der Waals surface area contributed by atoms with Gasteiger partial charge in [0.15, 0.2) is 11.6 Å². The van der Waals surface area contributed by atoms with Crippen LogP contribution in [0.5, 0.6) is 0 Å². The highest BCUT2D eigenvalue weighted by atomic mass is 16.3. The summed E-state index contributed by atoms with van der Waals surface area (Å²) in [7, 11) is 0. The van der Waals surface area contributed by atoms with Crippen LogP contribution in [0.1, 0.15) is 29.7 Å². The molecule has 1 aromatic carbocycles. The molecular formula is C23H26N6O3. The molecule has 9 heteroatoms. The Hall–Kier alpha value is -3.88. The second-order valence-corrected chi connectivity index (χ2v) is 8.03. The SMILES string of the molecule is C=CC(=O)N1CCCC1CN/C(=C1\C(=N)C(=O)NN=C1N)c1oc2ccc(C)cc2c1C. The Morgan fingerprint density at radius 1 is 1.47 bits per heavy atom. The Kier molecular flexibility index (Phi) is 5.56. The lowest BCUT2D eigenvalue weighted by Crippen LogP contribution is -2.43. The van der Waals surface area contributed by atoms with E-state index in [2.05, 4.69) is 22.4 Å². The molecule has 0 aliphatic carbocycles. The van der Waals surface area contributed by atoms with Crippen LogP contribution in [0.3, 0.4) is 0 Å². The van der Waals surface area contributed by atoms with Crippen molar-refractivity contribution >= 4 is 40.0 Å². The van der Waals surface area contributed by atoms with Crippen molar-refractivity contribution in [1.29, 1.82) is 5.41 Å². The molecule has 166 valence electrons. The summed E-state index contributed by atoms with van der Waals surface area (Å²) in [4.78, 5) is 26.2. The normalized spacial score (nSPS) is 20.2. The molecule has 2 aromatic rings. The summed E-state index contributed by atoms with van der Waals surface area (Å²) in [5, 5.41) is 16.5. The number of carbonyl (C=O) groups excluding carboxylic acids is 2. The van der Waals surface area contributed by atoms with Gasteiger partial charge in [0.1, 0.15) is 11.3 Å². The summed E-state index contributed by atoms with van der Waals surface area (Å²) in [5.74, 6) is -0.274. The number of hydrogen-bond donors (Lipinski definition) is 4. The van der Waals surface area contributed by atoms with Crippen LogP contribution in [0.2, 0.25) is 0 Å². The zero-order valence-corrected chi connectivity index (χ0v) is 18.1. The second kappa shape index (κ2) is 8.33. The van der Waals surface area contributed by atoms with Gasteiger partial charge < -0.3 is 20.4 Å². The van der Waals surface area contributed by atoms with Crippen LogP contribution in [0, 0.1) is 19.3 Å². The minimum Gasteiger partial charge on any atom is -0.454 e. The van der Waals surface area contributed by atoms with Crippen molar-refractivity contribution in [2.45, 2.75) is 32.7 Å². The maximum atomic E-state index is 12.2. The number of hydrazone groups is 1. The predicted molar refractivity (Wildman–Crippen MR) is 123 cm³/mol. The molecule has 0 radical (unpaired) electrons. The van der Waals surface area contributed by atoms with Gasteiger partial charge >= 0.3 is 0 Å². The molecule has 1 atom stereocenters. The zero-order chi connectivity index (χ0) is 23.0. The fraction of sp³-hybridized carbons (Fsp3) is 0.304. The first-order valence-corrected chi connectivity index (χ1v) is 10.5. The second-order valence-electron chi connectivity index (χ2n) is 8.03. The summed E-state index contributed by atoms with van der Waals surface area (Å²) in [6.45, 7) is 8.57. The number of fused-ring (bicyclic) bond motifs is 1. The number of nitrogens with one attached hydrogen (secondary N) is 3. The highest BCUT2D eigenvalue weighted by Gasteiger charge is 2.32. The zero-order valence-electron chi connectivity index (χ0n) is 18.1. The lowest BCUT2D eigenvalue weighted by atomic mass is 10.0.